The van der Waals surface area contributed by atoms with Crippen molar-refractivity contribution >= 4 is 0 Å². The van der Waals surface area contributed by atoms with E-state index in [9.17, 15) is 0 Å². The molecule has 0 spiro atoms. The van der Waals surface area contributed by atoms with Crippen molar-refractivity contribution in [1.82, 2.24) is 0 Å². The van der Waals surface area contributed by atoms with E-state index in [1.54, 1.807) is 6.07 Å². The van der Waals surface area contributed by atoms with Crippen molar-refractivity contribution < 1.29 is 9.84 Å². The normalized spacial score (nSPS) is 12.0. The number of nitriles is 1. The van der Waals surface area contributed by atoms with Crippen LogP contribution in [0.15, 0.2) is 30.3 Å². The molecular formula is C10H11NO2. The predicted octanol–water partition coefficient (Wildman–Crippen LogP) is 1.09. The van der Waals surface area contributed by atoms with E-state index in [2.05, 4.69) is 0 Å². The van der Waals surface area contributed by atoms with E-state index in [0.717, 1.165) is 5.56 Å². The number of hydrogen-bond acceptors (Lipinski definition) is 3. The van der Waals surface area contributed by atoms with E-state index in [4.69, 9.17) is 15.1 Å². The van der Waals surface area contributed by atoms with E-state index in [0.29, 0.717) is 6.61 Å². The molecule has 1 unspecified atom stereocenters. The Morgan fingerprint density at radius 3 is 2.69 bits per heavy atom. The molecule has 1 aromatic rings. The molecule has 0 saturated heterocycles. The van der Waals surface area contributed by atoms with Crippen LogP contribution < -0.4 is 0 Å². The molecular weight excluding hydrogens is 166 g/mol. The zero-order valence-corrected chi connectivity index (χ0v) is 7.18. The summed E-state index contributed by atoms with van der Waals surface area (Å²) in [6, 6.07) is 11.3. The standard InChI is InChI=1S/C10H11NO2/c11-6-10(12)8-13-7-9-4-2-1-3-5-9/h1-5,10,12H,7-8H2. The molecule has 0 aliphatic heterocycles. The van der Waals surface area contributed by atoms with Gasteiger partial charge in [-0.2, -0.15) is 5.26 Å². The van der Waals surface area contributed by atoms with Crippen molar-refractivity contribution in [3.63, 3.8) is 0 Å². The minimum atomic E-state index is -1.02. The van der Waals surface area contributed by atoms with Crippen LogP contribution in [0, 0.1) is 11.3 Å². The highest BCUT2D eigenvalue weighted by Gasteiger charge is 2.00. The molecule has 0 radical (unpaired) electrons. The Morgan fingerprint density at radius 2 is 2.08 bits per heavy atom. The lowest BCUT2D eigenvalue weighted by atomic mass is 10.2. The molecule has 3 nitrogen and oxygen atoms in total. The second kappa shape index (κ2) is 5.31. The van der Waals surface area contributed by atoms with Gasteiger partial charge in [-0.1, -0.05) is 30.3 Å². The van der Waals surface area contributed by atoms with Gasteiger partial charge in [0.15, 0.2) is 6.10 Å². The molecule has 1 rings (SSSR count). The topological polar surface area (TPSA) is 53.2 Å². The molecule has 0 heterocycles. The first-order valence-corrected chi connectivity index (χ1v) is 4.02. The van der Waals surface area contributed by atoms with Crippen molar-refractivity contribution in [3.05, 3.63) is 35.9 Å². The maximum Gasteiger partial charge on any atom is 0.163 e. The van der Waals surface area contributed by atoms with Gasteiger partial charge in [0.25, 0.3) is 0 Å². The molecule has 0 fully saturated rings. The lowest BCUT2D eigenvalue weighted by Gasteiger charge is -2.04. The third kappa shape index (κ3) is 3.70. The van der Waals surface area contributed by atoms with Gasteiger partial charge in [0.05, 0.1) is 19.3 Å². The van der Waals surface area contributed by atoms with Gasteiger partial charge >= 0.3 is 0 Å². The number of aliphatic hydroxyl groups excluding tert-OH is 1. The summed E-state index contributed by atoms with van der Waals surface area (Å²) in [5, 5.41) is 17.1. The van der Waals surface area contributed by atoms with E-state index >= 15 is 0 Å². The number of benzene rings is 1. The zero-order chi connectivity index (χ0) is 9.52. The fraction of sp³-hybridized carbons (Fsp3) is 0.300. The van der Waals surface area contributed by atoms with Crippen LogP contribution >= 0.6 is 0 Å². The minimum Gasteiger partial charge on any atom is -0.376 e. The Labute approximate surface area is 77.2 Å². The molecule has 1 N–H and O–H groups in total. The number of ether oxygens (including phenoxy) is 1. The third-order valence-electron chi connectivity index (χ3n) is 1.54. The number of aliphatic hydroxyl groups is 1. The monoisotopic (exact) mass is 177 g/mol. The van der Waals surface area contributed by atoms with E-state index in [1.807, 2.05) is 30.3 Å². The summed E-state index contributed by atoms with van der Waals surface area (Å²) in [6.45, 7) is 0.491. The lowest BCUT2D eigenvalue weighted by molar-refractivity contribution is 0.0535. The third-order valence-corrected chi connectivity index (χ3v) is 1.54. The Bertz CT molecular complexity index is 279. The largest absolute Gasteiger partial charge is 0.376 e. The fourth-order valence-electron chi connectivity index (χ4n) is 0.900. The predicted molar refractivity (Wildman–Crippen MR) is 47.7 cm³/mol. The number of rotatable bonds is 4. The highest BCUT2D eigenvalue weighted by molar-refractivity contribution is 5.13. The number of hydrogen-bond donors (Lipinski definition) is 1. The molecule has 1 atom stereocenters. The molecule has 3 heteroatoms. The van der Waals surface area contributed by atoms with E-state index < -0.39 is 6.10 Å². The van der Waals surface area contributed by atoms with Crippen LogP contribution in [0.3, 0.4) is 0 Å². The fourth-order valence-corrected chi connectivity index (χ4v) is 0.900. The Morgan fingerprint density at radius 1 is 1.38 bits per heavy atom. The van der Waals surface area contributed by atoms with Crippen molar-refractivity contribution in [2.75, 3.05) is 6.61 Å². The van der Waals surface area contributed by atoms with Crippen LogP contribution in [-0.4, -0.2) is 17.8 Å². The first-order valence-electron chi connectivity index (χ1n) is 4.02. The molecule has 0 saturated carbocycles. The molecule has 0 amide bonds. The Hall–Kier alpha value is -1.37. The second-order valence-corrected chi connectivity index (χ2v) is 2.65. The second-order valence-electron chi connectivity index (χ2n) is 2.65. The average molecular weight is 177 g/mol. The summed E-state index contributed by atoms with van der Waals surface area (Å²) in [5.74, 6) is 0. The van der Waals surface area contributed by atoms with Gasteiger partial charge in [-0.05, 0) is 5.56 Å². The molecule has 1 aromatic carbocycles. The summed E-state index contributed by atoms with van der Waals surface area (Å²) in [7, 11) is 0. The summed E-state index contributed by atoms with van der Waals surface area (Å²) in [6.07, 6.45) is -1.02. The van der Waals surface area contributed by atoms with Crippen molar-refractivity contribution in [2.24, 2.45) is 0 Å². The minimum absolute atomic E-state index is 0.0609. The molecule has 13 heavy (non-hydrogen) atoms. The summed E-state index contributed by atoms with van der Waals surface area (Å²) < 4.78 is 5.10. The van der Waals surface area contributed by atoms with Crippen LogP contribution in [0.25, 0.3) is 0 Å². The SMILES string of the molecule is N#CC(O)COCc1ccccc1. The van der Waals surface area contributed by atoms with E-state index in [-0.39, 0.29) is 6.61 Å². The maximum absolute atomic E-state index is 8.85. The van der Waals surface area contributed by atoms with Crippen LogP contribution in [-0.2, 0) is 11.3 Å². The molecule has 0 bridgehead atoms. The Kier molecular flexibility index (Phi) is 3.97. The van der Waals surface area contributed by atoms with Gasteiger partial charge in [0, 0.05) is 0 Å². The highest BCUT2D eigenvalue weighted by atomic mass is 16.5. The quantitative estimate of drug-likeness (QED) is 0.700. The highest BCUT2D eigenvalue weighted by Crippen LogP contribution is 2.00. The average Bonchev–Trinajstić information content (AvgIpc) is 2.19. The number of nitrogens with zero attached hydrogens (tertiary/aromatic N) is 1. The van der Waals surface area contributed by atoms with Crippen LogP contribution in [0.2, 0.25) is 0 Å². The summed E-state index contributed by atoms with van der Waals surface area (Å²) in [5.41, 5.74) is 1.03. The van der Waals surface area contributed by atoms with Crippen molar-refractivity contribution in [2.45, 2.75) is 12.7 Å². The zero-order valence-electron chi connectivity index (χ0n) is 7.18. The molecule has 68 valence electrons. The summed E-state index contributed by atoms with van der Waals surface area (Å²) >= 11 is 0. The maximum atomic E-state index is 8.85. The summed E-state index contributed by atoms with van der Waals surface area (Å²) in [4.78, 5) is 0. The first-order chi connectivity index (χ1) is 6.33. The van der Waals surface area contributed by atoms with E-state index in [1.165, 1.54) is 0 Å². The van der Waals surface area contributed by atoms with Crippen LogP contribution in [0.1, 0.15) is 5.56 Å². The molecule has 0 aliphatic carbocycles. The first kappa shape index (κ1) is 9.72. The van der Waals surface area contributed by atoms with Crippen molar-refractivity contribution in [3.8, 4) is 6.07 Å². The lowest BCUT2D eigenvalue weighted by Crippen LogP contribution is -2.12. The van der Waals surface area contributed by atoms with Crippen LogP contribution in [0.4, 0.5) is 0 Å². The molecule has 0 aromatic heterocycles. The van der Waals surface area contributed by atoms with Gasteiger partial charge in [0.2, 0.25) is 0 Å². The van der Waals surface area contributed by atoms with Gasteiger partial charge in [-0.3, -0.25) is 0 Å². The molecule has 0 aliphatic rings. The van der Waals surface area contributed by atoms with Gasteiger partial charge in [-0.15, -0.1) is 0 Å². The van der Waals surface area contributed by atoms with Crippen molar-refractivity contribution in [1.29, 1.82) is 5.26 Å². The Balaban J connectivity index is 2.25. The van der Waals surface area contributed by atoms with Crippen LogP contribution in [0.5, 0.6) is 0 Å². The van der Waals surface area contributed by atoms with Gasteiger partial charge < -0.3 is 9.84 Å². The van der Waals surface area contributed by atoms with Gasteiger partial charge in [0.1, 0.15) is 0 Å². The van der Waals surface area contributed by atoms with Gasteiger partial charge in [-0.25, -0.2) is 0 Å². The smallest absolute Gasteiger partial charge is 0.163 e.